The van der Waals surface area contributed by atoms with Gasteiger partial charge in [0.15, 0.2) is 0 Å². The highest BCUT2D eigenvalue weighted by atomic mass is 15.2. The standard InChI is InChI=1S/C71H61N2.CH4.22H2/c1-7-9-11-13-15-17-19-21-22-23-24-25-26-27-28-30-32-34-39-47-59-73-65-57-55-61-49-43-45-51-63(61)69(65)71(5,6)67(73)53-41-37-35-36-40-52-66-70(3,4)68-62-50-44-42-48-60(62)54-56-64(68)72(66)58-46-38-33-31-29-20-18-16-14-12-10-8-2;;;;;;;;;;;;;;;;;;;;;;;/h1,35-37,40-45,48-57H,8,10,12,14,16,18,20,29,31,33,38,46,58H2,2-6H3;1H4;22*1H/q+1;;;;;;;;;;;;;;;;;;;;;;;. The Labute approximate surface area is 478 Å². The summed E-state index contributed by atoms with van der Waals surface area (Å²) in [4.78, 5) is 2.60. The van der Waals surface area contributed by atoms with Crippen molar-refractivity contribution in [3.05, 3.63) is 132 Å². The summed E-state index contributed by atoms with van der Waals surface area (Å²) in [6, 6.07) is 29.6. The molecule has 0 aliphatic carbocycles. The molecule has 0 spiro atoms. The normalized spacial score (nSPS) is 13.2. The molecule has 406 valence electrons. The maximum absolute atomic E-state index is 5.02. The van der Waals surface area contributed by atoms with Gasteiger partial charge in [-0.15, -0.1) is 11.0 Å². The minimum Gasteiger partial charge on any atom is -0.344 e. The van der Waals surface area contributed by atoms with E-state index in [0.717, 1.165) is 17.9 Å². The number of hydrogen-bond donors (Lipinski definition) is 0. The van der Waals surface area contributed by atoms with Gasteiger partial charge in [0.2, 0.25) is 17.4 Å². The number of terminal acetylenes is 1. The molecule has 6 rings (SSSR count). The van der Waals surface area contributed by atoms with E-state index >= 15 is 0 Å². The van der Waals surface area contributed by atoms with Crippen LogP contribution in [0.5, 0.6) is 0 Å². The maximum Gasteiger partial charge on any atom is 0.243 e. The van der Waals surface area contributed by atoms with E-state index in [9.17, 15) is 0 Å². The first kappa shape index (κ1) is 55.9. The van der Waals surface area contributed by atoms with Crippen LogP contribution in [0.3, 0.4) is 0 Å². The summed E-state index contributed by atoms with van der Waals surface area (Å²) in [7, 11) is 0. The summed E-state index contributed by atoms with van der Waals surface area (Å²) in [6.07, 6.45) is 36.3. The van der Waals surface area contributed by atoms with Crippen molar-refractivity contribution in [2.75, 3.05) is 11.4 Å². The molecule has 0 N–H and O–H groups in total. The van der Waals surface area contributed by atoms with Gasteiger partial charge >= 0.3 is 0 Å². The number of hydrogen-bond acceptors (Lipinski definition) is 1. The fourth-order valence-electron chi connectivity index (χ4n) is 9.57. The molecule has 0 atom stereocenters. The van der Waals surface area contributed by atoms with Gasteiger partial charge in [-0.2, -0.15) is 0 Å². The van der Waals surface area contributed by atoms with Crippen molar-refractivity contribution in [3.8, 4) is 131 Å². The van der Waals surface area contributed by atoms with Crippen LogP contribution < -0.4 is 4.90 Å². The van der Waals surface area contributed by atoms with Crippen LogP contribution in [0.25, 0.3) is 21.5 Å². The fraction of sp³-hybridized carbons (Fsp3) is 0.292. The van der Waals surface area contributed by atoms with Crippen molar-refractivity contribution in [2.24, 2.45) is 0 Å². The molecule has 0 saturated carbocycles. The van der Waals surface area contributed by atoms with E-state index in [1.54, 1.807) is 0 Å². The molecule has 0 fully saturated rings. The van der Waals surface area contributed by atoms with Crippen molar-refractivity contribution in [2.45, 2.75) is 130 Å². The van der Waals surface area contributed by atoms with E-state index in [1.807, 2.05) is 0 Å². The van der Waals surface area contributed by atoms with Crippen LogP contribution in [0.1, 0.15) is 162 Å². The molecule has 2 aliphatic heterocycles. The van der Waals surface area contributed by atoms with Crippen LogP contribution >= 0.6 is 0 Å². The van der Waals surface area contributed by atoms with E-state index in [-0.39, 0.29) is 49.6 Å². The van der Waals surface area contributed by atoms with Crippen LogP contribution in [0.15, 0.2) is 121 Å². The van der Waals surface area contributed by atoms with Crippen LogP contribution in [-0.2, 0) is 10.8 Å². The summed E-state index contributed by atoms with van der Waals surface area (Å²) in [6.45, 7) is 12.6. The monoisotopic (exact) mass is 1000 g/mol. The lowest BCUT2D eigenvalue weighted by molar-refractivity contribution is -0.332. The molecule has 2 aliphatic rings. The molecule has 2 heterocycles. The molecule has 0 saturated heterocycles. The second-order valence-corrected chi connectivity index (χ2v) is 18.7. The van der Waals surface area contributed by atoms with E-state index in [2.05, 4.69) is 284 Å². The van der Waals surface area contributed by atoms with Gasteiger partial charge in [-0.25, -0.2) is 0 Å². The number of unbranched alkanes of at least 4 members (excludes halogenated alkanes) is 11. The van der Waals surface area contributed by atoms with Crippen molar-refractivity contribution in [1.29, 1.82) is 0 Å². The lowest BCUT2D eigenvalue weighted by atomic mass is 9.79. The van der Waals surface area contributed by atoms with E-state index in [4.69, 9.17) is 6.42 Å². The summed E-state index contributed by atoms with van der Waals surface area (Å²) in [5.74, 6) is 51.9. The average Bonchev–Trinajstić information content (AvgIpc) is 3.75. The Hall–Kier alpha value is -9.01. The third-order valence-electron chi connectivity index (χ3n) is 13.0. The first-order valence-electron chi connectivity index (χ1n) is 25.5. The molecule has 0 radical (unpaired) electrons. The molecule has 4 aromatic rings. The fourth-order valence-corrected chi connectivity index (χ4v) is 9.57. The zero-order valence-corrected chi connectivity index (χ0v) is 43.1. The Balaban J connectivity index is -0.000000165. The quantitative estimate of drug-likeness (QED) is 0.0442. The molecule has 0 aromatic heterocycles. The molecular formula is C72H109N2+. The Morgan fingerprint density at radius 3 is 1.47 bits per heavy atom. The molecule has 2 nitrogen and oxygen atoms in total. The third kappa shape index (κ3) is 15.5. The largest absolute Gasteiger partial charge is 0.344 e. The van der Waals surface area contributed by atoms with E-state index in [1.165, 1.54) is 121 Å². The predicted molar refractivity (Wildman–Crippen MR) is 363 cm³/mol. The second-order valence-electron chi connectivity index (χ2n) is 18.7. The Morgan fingerprint density at radius 1 is 0.486 bits per heavy atom. The summed E-state index contributed by atoms with van der Waals surface area (Å²) >= 11 is 0. The number of rotatable bonds is 17. The molecular weight excluding hydrogens is 893 g/mol. The zero-order chi connectivity index (χ0) is 51.4. The highest BCUT2D eigenvalue weighted by molar-refractivity contribution is 6.08. The van der Waals surface area contributed by atoms with Gasteiger partial charge < -0.3 is 4.90 Å². The highest BCUT2D eigenvalue weighted by Crippen LogP contribution is 2.51. The molecule has 4 aromatic carbocycles. The van der Waals surface area contributed by atoms with Crippen LogP contribution in [0.4, 0.5) is 11.4 Å². The lowest BCUT2D eigenvalue weighted by Crippen LogP contribution is -2.27. The minimum atomic E-state index is -0.331. The van der Waals surface area contributed by atoms with E-state index in [0.29, 0.717) is 0 Å². The lowest BCUT2D eigenvalue weighted by Gasteiger charge is -2.27. The highest BCUT2D eigenvalue weighted by Gasteiger charge is 2.46. The van der Waals surface area contributed by atoms with Crippen molar-refractivity contribution in [1.82, 2.24) is 0 Å². The summed E-state index contributed by atoms with van der Waals surface area (Å²) < 4.78 is 2.06. The maximum atomic E-state index is 5.02. The van der Waals surface area contributed by atoms with Crippen molar-refractivity contribution in [3.63, 3.8) is 0 Å². The predicted octanol–water partition coefficient (Wildman–Crippen LogP) is 20.1. The van der Waals surface area contributed by atoms with Crippen molar-refractivity contribution >= 4 is 38.6 Å². The van der Waals surface area contributed by atoms with E-state index < -0.39 is 0 Å². The minimum absolute atomic E-state index is 0. The van der Waals surface area contributed by atoms with Crippen molar-refractivity contribution < 1.29 is 36.0 Å². The van der Waals surface area contributed by atoms with Crippen LogP contribution in [-0.4, -0.2) is 16.8 Å². The van der Waals surface area contributed by atoms with Gasteiger partial charge in [-0.3, -0.25) is 0 Å². The molecule has 0 amide bonds. The number of allylic oxidation sites excluding steroid dienone is 8. The van der Waals surface area contributed by atoms with Crippen LogP contribution in [0.2, 0.25) is 0 Å². The third-order valence-corrected chi connectivity index (χ3v) is 13.0. The number of fused-ring (bicyclic) bond motifs is 6. The zero-order valence-electron chi connectivity index (χ0n) is 43.1. The SMILES string of the molecule is C.C#CC#CC#CC#CC#CC#CC#CC#CC#CC#CC#C[N+]1=C(/C=C/C=C/C=C/C=C2/N(CCCCCCCCCCCCCC)c3ccc4ccccc4c3C2(C)C)C(C)(C)c2c1ccc1ccccc21.[HH].[HH].[HH].[HH].[HH].[HH].[HH].[HH].[HH].[HH].[HH].[HH].[HH].[HH].[HH].[HH].[HH].[HH].[HH].[HH].[HH].[HH]. The number of nitrogens with zero attached hydrogens (tertiary/aromatic N) is 2. The smallest absolute Gasteiger partial charge is 0.243 e. The first-order chi connectivity index (χ1) is 35.8. The molecule has 0 bridgehead atoms. The first-order valence-corrected chi connectivity index (χ1v) is 25.5. The van der Waals surface area contributed by atoms with Crippen LogP contribution in [0, 0.1) is 131 Å². The average molecular weight is 1000 g/mol. The van der Waals surface area contributed by atoms with Gasteiger partial charge in [0.25, 0.3) is 0 Å². The van der Waals surface area contributed by atoms with Gasteiger partial charge in [0, 0.05) is 138 Å². The molecule has 74 heavy (non-hydrogen) atoms. The molecule has 0 unspecified atom stereocenters. The summed E-state index contributed by atoms with van der Waals surface area (Å²) in [5.41, 5.74) is 6.99. The number of anilines is 1. The van der Waals surface area contributed by atoms with Gasteiger partial charge in [-0.1, -0.05) is 184 Å². The Bertz CT molecular complexity index is 3650. The Kier molecular flexibility index (Phi) is 22.7. The summed E-state index contributed by atoms with van der Waals surface area (Å²) in [5, 5.41) is 5.04. The molecule has 2 heteroatoms. The topological polar surface area (TPSA) is 6.25 Å². The van der Waals surface area contributed by atoms with Gasteiger partial charge in [0.05, 0.1) is 11.3 Å². The second kappa shape index (κ2) is 30.0. The number of benzene rings is 4. The Morgan fingerprint density at radius 2 is 0.932 bits per heavy atom. The van der Waals surface area contributed by atoms with Gasteiger partial charge in [-0.05, 0) is 113 Å². The van der Waals surface area contributed by atoms with Gasteiger partial charge in [0.1, 0.15) is 0 Å².